The molecular weight excluding hydrogens is 232 g/mol. The quantitative estimate of drug-likeness (QED) is 0.880. The molecule has 2 nitrogen and oxygen atoms in total. The van der Waals surface area contributed by atoms with E-state index < -0.39 is 0 Å². The van der Waals surface area contributed by atoms with Crippen molar-refractivity contribution in [1.82, 2.24) is 0 Å². The SMILES string of the molecule is CC1Cc2ccccc2N(CC(C)(C)N)C1.Cl. The average molecular weight is 255 g/mol. The first-order valence-corrected chi connectivity index (χ1v) is 6.07. The van der Waals surface area contributed by atoms with Gasteiger partial charge in [-0.2, -0.15) is 0 Å². The maximum absolute atomic E-state index is 6.13. The summed E-state index contributed by atoms with van der Waals surface area (Å²) in [5, 5.41) is 0. The number of anilines is 1. The van der Waals surface area contributed by atoms with Crippen LogP contribution in [0.3, 0.4) is 0 Å². The molecule has 2 rings (SSSR count). The second-order valence-electron chi connectivity index (χ2n) is 5.81. The first-order valence-electron chi connectivity index (χ1n) is 6.07. The van der Waals surface area contributed by atoms with Crippen LogP contribution in [-0.4, -0.2) is 18.6 Å². The minimum Gasteiger partial charge on any atom is -0.369 e. The summed E-state index contributed by atoms with van der Waals surface area (Å²) in [6.45, 7) is 8.54. The van der Waals surface area contributed by atoms with E-state index in [0.717, 1.165) is 19.0 Å². The molecule has 0 bridgehead atoms. The molecular formula is C14H23ClN2. The lowest BCUT2D eigenvalue weighted by Gasteiger charge is -2.38. The largest absolute Gasteiger partial charge is 0.369 e. The van der Waals surface area contributed by atoms with Gasteiger partial charge in [-0.05, 0) is 37.8 Å². The van der Waals surface area contributed by atoms with E-state index in [1.807, 2.05) is 0 Å². The first kappa shape index (κ1) is 14.3. The van der Waals surface area contributed by atoms with Crippen LogP contribution in [0.15, 0.2) is 24.3 Å². The number of halogens is 1. The van der Waals surface area contributed by atoms with Gasteiger partial charge in [0.2, 0.25) is 0 Å². The fourth-order valence-electron chi connectivity index (χ4n) is 2.55. The molecule has 0 aliphatic carbocycles. The second-order valence-corrected chi connectivity index (χ2v) is 5.81. The molecule has 0 saturated carbocycles. The Balaban J connectivity index is 0.00000144. The molecule has 2 N–H and O–H groups in total. The Labute approximate surface area is 111 Å². The van der Waals surface area contributed by atoms with Crippen molar-refractivity contribution in [3.05, 3.63) is 29.8 Å². The van der Waals surface area contributed by atoms with Gasteiger partial charge in [0, 0.05) is 24.3 Å². The van der Waals surface area contributed by atoms with Crippen molar-refractivity contribution in [1.29, 1.82) is 0 Å². The topological polar surface area (TPSA) is 29.3 Å². The van der Waals surface area contributed by atoms with E-state index in [-0.39, 0.29) is 17.9 Å². The van der Waals surface area contributed by atoms with E-state index in [1.165, 1.54) is 17.7 Å². The average Bonchev–Trinajstić information content (AvgIpc) is 2.14. The molecule has 1 aromatic rings. The summed E-state index contributed by atoms with van der Waals surface area (Å²) in [4.78, 5) is 2.43. The Morgan fingerprint density at radius 3 is 2.65 bits per heavy atom. The third-order valence-corrected chi connectivity index (χ3v) is 3.03. The fraction of sp³-hybridized carbons (Fsp3) is 0.571. The summed E-state index contributed by atoms with van der Waals surface area (Å²) < 4.78 is 0. The highest BCUT2D eigenvalue weighted by Crippen LogP contribution is 2.29. The van der Waals surface area contributed by atoms with Gasteiger partial charge in [-0.1, -0.05) is 25.1 Å². The van der Waals surface area contributed by atoms with Crippen LogP contribution in [-0.2, 0) is 6.42 Å². The van der Waals surface area contributed by atoms with Gasteiger partial charge in [0.05, 0.1) is 0 Å². The molecule has 96 valence electrons. The van der Waals surface area contributed by atoms with Crippen LogP contribution < -0.4 is 10.6 Å². The molecule has 1 heterocycles. The van der Waals surface area contributed by atoms with Gasteiger partial charge < -0.3 is 10.6 Å². The summed E-state index contributed by atoms with van der Waals surface area (Å²) in [6.07, 6.45) is 1.19. The van der Waals surface area contributed by atoms with Crippen LogP contribution >= 0.6 is 12.4 Å². The minimum absolute atomic E-state index is 0. The van der Waals surface area contributed by atoms with Crippen molar-refractivity contribution < 1.29 is 0 Å². The summed E-state index contributed by atoms with van der Waals surface area (Å²) >= 11 is 0. The maximum atomic E-state index is 6.13. The van der Waals surface area contributed by atoms with Gasteiger partial charge in [0.15, 0.2) is 0 Å². The molecule has 0 spiro atoms. The zero-order chi connectivity index (χ0) is 11.8. The molecule has 1 aliphatic heterocycles. The highest BCUT2D eigenvalue weighted by Gasteiger charge is 2.24. The van der Waals surface area contributed by atoms with E-state index in [0.29, 0.717) is 0 Å². The molecule has 0 amide bonds. The normalized spacial score (nSPS) is 19.5. The van der Waals surface area contributed by atoms with Gasteiger partial charge >= 0.3 is 0 Å². The van der Waals surface area contributed by atoms with E-state index in [2.05, 4.69) is 49.9 Å². The zero-order valence-electron chi connectivity index (χ0n) is 10.9. The van der Waals surface area contributed by atoms with E-state index in [9.17, 15) is 0 Å². The van der Waals surface area contributed by atoms with Gasteiger partial charge in [-0.25, -0.2) is 0 Å². The van der Waals surface area contributed by atoms with Gasteiger partial charge in [-0.15, -0.1) is 12.4 Å². The Hall–Kier alpha value is -0.730. The number of nitrogens with zero attached hydrogens (tertiary/aromatic N) is 1. The Morgan fingerprint density at radius 1 is 1.35 bits per heavy atom. The summed E-state index contributed by atoms with van der Waals surface area (Å²) in [7, 11) is 0. The number of fused-ring (bicyclic) bond motifs is 1. The predicted octanol–water partition coefficient (Wildman–Crippen LogP) is 2.84. The van der Waals surface area contributed by atoms with Gasteiger partial charge in [0.1, 0.15) is 0 Å². The second kappa shape index (κ2) is 5.28. The molecule has 3 heteroatoms. The number of para-hydroxylation sites is 1. The van der Waals surface area contributed by atoms with Crippen LogP contribution in [0, 0.1) is 5.92 Å². The Morgan fingerprint density at radius 2 is 2.00 bits per heavy atom. The van der Waals surface area contributed by atoms with Crippen molar-refractivity contribution in [2.75, 3.05) is 18.0 Å². The van der Waals surface area contributed by atoms with E-state index in [4.69, 9.17) is 5.73 Å². The Bertz CT molecular complexity index is 371. The van der Waals surface area contributed by atoms with Crippen molar-refractivity contribution in [3.63, 3.8) is 0 Å². The van der Waals surface area contributed by atoms with Crippen LogP contribution in [0.4, 0.5) is 5.69 Å². The molecule has 0 saturated heterocycles. The number of rotatable bonds is 2. The van der Waals surface area contributed by atoms with E-state index >= 15 is 0 Å². The predicted molar refractivity (Wildman–Crippen MR) is 77.0 cm³/mol. The lowest BCUT2D eigenvalue weighted by molar-refractivity contribution is 0.459. The lowest BCUT2D eigenvalue weighted by Crippen LogP contribution is -2.48. The van der Waals surface area contributed by atoms with Crippen LogP contribution in [0.2, 0.25) is 0 Å². The molecule has 0 radical (unpaired) electrons. The van der Waals surface area contributed by atoms with Crippen molar-refractivity contribution >= 4 is 18.1 Å². The number of hydrogen-bond donors (Lipinski definition) is 1. The monoisotopic (exact) mass is 254 g/mol. The molecule has 17 heavy (non-hydrogen) atoms. The van der Waals surface area contributed by atoms with Gasteiger partial charge in [0.25, 0.3) is 0 Å². The number of nitrogens with two attached hydrogens (primary N) is 1. The van der Waals surface area contributed by atoms with Crippen molar-refractivity contribution in [2.24, 2.45) is 11.7 Å². The molecule has 1 aromatic carbocycles. The summed E-state index contributed by atoms with van der Waals surface area (Å²) in [6, 6.07) is 8.70. The third kappa shape index (κ3) is 3.62. The summed E-state index contributed by atoms with van der Waals surface area (Å²) in [5.41, 5.74) is 8.83. The standard InChI is InChI=1S/C14H22N2.ClH/c1-11-8-12-6-4-5-7-13(12)16(9-11)10-14(2,3)15;/h4-7,11H,8-10,15H2,1-3H3;1H. The smallest absolute Gasteiger partial charge is 0.0399 e. The molecule has 1 aliphatic rings. The highest BCUT2D eigenvalue weighted by molar-refractivity contribution is 5.85. The minimum atomic E-state index is -0.135. The molecule has 1 unspecified atom stereocenters. The third-order valence-electron chi connectivity index (χ3n) is 3.03. The van der Waals surface area contributed by atoms with Crippen LogP contribution in [0.25, 0.3) is 0 Å². The molecule has 1 atom stereocenters. The maximum Gasteiger partial charge on any atom is 0.0399 e. The zero-order valence-corrected chi connectivity index (χ0v) is 11.8. The van der Waals surface area contributed by atoms with Gasteiger partial charge in [-0.3, -0.25) is 0 Å². The summed E-state index contributed by atoms with van der Waals surface area (Å²) in [5.74, 6) is 0.720. The number of benzene rings is 1. The highest BCUT2D eigenvalue weighted by atomic mass is 35.5. The lowest BCUT2D eigenvalue weighted by atomic mass is 9.92. The molecule has 0 aromatic heterocycles. The number of hydrogen-bond acceptors (Lipinski definition) is 2. The first-order chi connectivity index (χ1) is 7.46. The Kier molecular flexibility index (Phi) is 4.45. The fourth-order valence-corrected chi connectivity index (χ4v) is 2.55. The van der Waals surface area contributed by atoms with Crippen LogP contribution in [0.1, 0.15) is 26.3 Å². The van der Waals surface area contributed by atoms with Crippen LogP contribution in [0.5, 0.6) is 0 Å². The van der Waals surface area contributed by atoms with Crippen molar-refractivity contribution in [2.45, 2.75) is 32.7 Å². The van der Waals surface area contributed by atoms with Crippen molar-refractivity contribution in [3.8, 4) is 0 Å². The van der Waals surface area contributed by atoms with E-state index in [1.54, 1.807) is 0 Å². The molecule has 0 fully saturated rings.